The Morgan fingerprint density at radius 1 is 0.570 bits per heavy atom. The Morgan fingerprint density at radius 2 is 1.09 bits per heavy atom. The monoisotopic (exact) mass is 1350 g/mol. The van der Waals surface area contributed by atoms with Crippen molar-refractivity contribution >= 4 is 58.5 Å². The maximum atomic E-state index is 13.2. The number of unbranched alkanes of at least 4 members (excludes halogenated alkanes) is 6. The summed E-state index contributed by atoms with van der Waals surface area (Å²) in [7, 11) is 8.57. The number of anilines is 3. The molecule has 10 rings (SSSR count). The van der Waals surface area contributed by atoms with Crippen LogP contribution in [0.1, 0.15) is 187 Å². The van der Waals surface area contributed by atoms with Gasteiger partial charge < -0.3 is 33.6 Å². The van der Waals surface area contributed by atoms with E-state index >= 15 is 0 Å². The molecule has 2 amide bonds. The molecule has 0 saturated carbocycles. The summed E-state index contributed by atoms with van der Waals surface area (Å²) in [6.45, 7) is 20.9. The lowest BCUT2D eigenvalue weighted by Gasteiger charge is -2.26. The number of hydrogen-bond acceptors (Lipinski definition) is 16. The van der Waals surface area contributed by atoms with Gasteiger partial charge in [0, 0.05) is 87.1 Å². The van der Waals surface area contributed by atoms with Crippen molar-refractivity contribution in [3.8, 4) is 0 Å². The van der Waals surface area contributed by atoms with Crippen LogP contribution in [0, 0.1) is 20.8 Å². The van der Waals surface area contributed by atoms with E-state index in [1.54, 1.807) is 49.6 Å². The molecule has 100 heavy (non-hydrogen) atoms. The van der Waals surface area contributed by atoms with Gasteiger partial charge in [-0.25, -0.2) is 24.2 Å². The molecule has 526 valence electrons. The van der Waals surface area contributed by atoms with Gasteiger partial charge in [-0.05, 0) is 156 Å². The summed E-state index contributed by atoms with van der Waals surface area (Å²) in [6, 6.07) is 53.8. The molecule has 2 aliphatic rings. The number of hydrogen-bond donors (Lipinski definition) is 0. The highest BCUT2D eigenvalue weighted by molar-refractivity contribution is 6.21. The fraction of sp³-hybridized carbons (Fsp3) is 0.337. The number of aryl methyl sites for hydroxylation is 3. The normalized spacial score (nSPS) is 12.0. The number of aromatic nitrogens is 2. The summed E-state index contributed by atoms with van der Waals surface area (Å²) in [5.74, 6) is -2.54. The lowest BCUT2D eigenvalue weighted by Crippen LogP contribution is -2.33. The van der Waals surface area contributed by atoms with Crippen molar-refractivity contribution in [2.45, 2.75) is 120 Å². The first-order valence-electron chi connectivity index (χ1n) is 34.4. The van der Waals surface area contributed by atoms with E-state index in [0.29, 0.717) is 50.5 Å². The first kappa shape index (κ1) is 78.4. The van der Waals surface area contributed by atoms with Crippen LogP contribution < -0.4 is 9.80 Å². The number of rotatable bonds is 25. The number of benzene rings is 7. The molecule has 3 heterocycles. The Balaban J connectivity index is 0.000000230. The maximum absolute atomic E-state index is 13.2. The average Bonchev–Trinajstić information content (AvgIpc) is 1.60. The third kappa shape index (κ3) is 22.8. The van der Waals surface area contributed by atoms with Crippen LogP contribution in [0.4, 0.5) is 17.1 Å². The van der Waals surface area contributed by atoms with E-state index in [1.165, 1.54) is 143 Å². The maximum Gasteiger partial charge on any atom is 0.359 e. The summed E-state index contributed by atoms with van der Waals surface area (Å²) in [5, 5.41) is 0. The number of imide groups is 1. The number of carbonyl (C=O) groups excluding carboxylic acids is 6. The highest BCUT2D eigenvalue weighted by Crippen LogP contribution is 2.30. The van der Waals surface area contributed by atoms with Crippen LogP contribution in [-0.4, -0.2) is 129 Å². The second-order valence-electron chi connectivity index (χ2n) is 24.4. The minimum Gasteiger partial charge on any atom is -0.465 e. The molecule has 0 N–H and O–H groups in total. The molecule has 7 aromatic carbocycles. The van der Waals surface area contributed by atoms with E-state index in [9.17, 15) is 28.8 Å². The number of fused-ring (bicyclic) bond motifs is 2. The van der Waals surface area contributed by atoms with E-state index in [4.69, 9.17) is 4.74 Å². The molecule has 8 aromatic rings. The van der Waals surface area contributed by atoms with Gasteiger partial charge in [-0.1, -0.05) is 155 Å². The molecule has 2 aliphatic heterocycles. The molecule has 0 unspecified atom stereocenters. The minimum absolute atomic E-state index is 0.0234. The van der Waals surface area contributed by atoms with Gasteiger partial charge >= 0.3 is 23.9 Å². The highest BCUT2D eigenvalue weighted by atomic mass is 16.5. The molecule has 0 radical (unpaired) electrons. The Morgan fingerprint density at radius 3 is 1.59 bits per heavy atom. The van der Waals surface area contributed by atoms with Gasteiger partial charge in [-0.15, -0.1) is 0 Å². The summed E-state index contributed by atoms with van der Waals surface area (Å²) in [4.78, 5) is 91.8. The predicted molar refractivity (Wildman–Crippen MR) is 399 cm³/mol. The fourth-order valence-corrected chi connectivity index (χ4v) is 11.2. The smallest absolute Gasteiger partial charge is 0.359 e. The number of amides is 2. The Kier molecular flexibility index (Phi) is 32.2. The zero-order valence-electron chi connectivity index (χ0n) is 60.6. The molecule has 17 heteroatoms. The van der Waals surface area contributed by atoms with Crippen molar-refractivity contribution in [1.82, 2.24) is 19.8 Å². The van der Waals surface area contributed by atoms with Crippen LogP contribution >= 0.6 is 0 Å². The third-order valence-electron chi connectivity index (χ3n) is 17.2. The lowest BCUT2D eigenvalue weighted by molar-refractivity contribution is 0.0420. The van der Waals surface area contributed by atoms with Gasteiger partial charge in [-0.3, -0.25) is 24.5 Å². The molecule has 17 nitrogen and oxygen atoms in total. The number of nitrogens with zero attached hydrogens (tertiary/aromatic N) is 7. The number of aliphatic imine (C=N–C) groups is 1. The topological polar surface area (TPSA) is 190 Å². The molecule has 0 fully saturated rings. The molecule has 0 bridgehead atoms. The van der Waals surface area contributed by atoms with Crippen LogP contribution in [0.5, 0.6) is 0 Å². The number of esters is 4. The number of carbonyl (C=O) groups is 6. The Bertz CT molecular complexity index is 3930. The molecule has 0 saturated heterocycles. The number of cyclic esters (lactones) is 1. The first-order valence-corrected chi connectivity index (χ1v) is 34.4. The van der Waals surface area contributed by atoms with Gasteiger partial charge in [-0.2, -0.15) is 0 Å². The van der Waals surface area contributed by atoms with E-state index in [-0.39, 0.29) is 37.5 Å². The van der Waals surface area contributed by atoms with Crippen molar-refractivity contribution in [2.24, 2.45) is 4.99 Å². The van der Waals surface area contributed by atoms with Gasteiger partial charge in [0.2, 0.25) is 0 Å². The Labute approximate surface area is 591 Å². The largest absolute Gasteiger partial charge is 0.465 e. The van der Waals surface area contributed by atoms with Crippen LogP contribution in [0.2, 0.25) is 0 Å². The zero-order valence-corrected chi connectivity index (χ0v) is 60.6. The molecule has 0 atom stereocenters. The van der Waals surface area contributed by atoms with Gasteiger partial charge in [0.15, 0.2) is 5.69 Å². The van der Waals surface area contributed by atoms with Crippen molar-refractivity contribution in [3.05, 3.63) is 266 Å². The standard InChI is InChI=1S/C35H33N3O4.C26H46N2.C10H10O4.C6H4N2O2.C6H6/c1-5-37(25-16-14-23(2)15-17-25)26-18-19-27(24(3)22-26)32(36-4)28-10-6-9-13-31(28)35(41)42-21-20-38-33(39)29-11-7-8-12-30(29)34(38)40;1-8-10-12-14-18-28(19-15-13-11-9-2)26-17-16-25(23(4)21-26)20-22(3)24(5)27(6)7;1-13-9(11)7-3-5-8(6-4-7)10(12)14-2;9-6-5-4(3-10-6)7-1-2-8-5;1-2-4-6-5-3-1/h6-19,22H,5,20-21H2,1-4H3;16-17,21H,8-15,18-20H2,1-7H3;3-6H,1-2H3;1-2H,3H2;1-6H/b;24-22+;;;. The van der Waals surface area contributed by atoms with E-state index in [1.807, 2.05) is 61.5 Å². The van der Waals surface area contributed by atoms with E-state index in [2.05, 4.69) is 161 Å². The second kappa shape index (κ2) is 41.0. The SMILES string of the molecule is CCCCCCN(CCCCCC)c1ccc(C/C(C)=C(\C)N(C)C)c(C)c1.CCN(c1ccc(C)cc1)c1ccc(C(=NC)c2ccccc2C(=O)OCCN2C(=O)c3ccccc3C2=O)c(C)c1.COC(=O)c1ccc(C(=O)OC)cc1.O=C1OCc2nccnc21.c1ccccc1. The van der Waals surface area contributed by atoms with Crippen molar-refractivity contribution in [1.29, 1.82) is 0 Å². The predicted octanol–water partition coefficient (Wildman–Crippen LogP) is 16.8. The number of allylic oxidation sites excluding steroid dienone is 2. The van der Waals surface area contributed by atoms with Crippen molar-refractivity contribution in [3.63, 3.8) is 0 Å². The van der Waals surface area contributed by atoms with Crippen molar-refractivity contribution < 1.29 is 47.7 Å². The van der Waals surface area contributed by atoms with Crippen LogP contribution in [0.25, 0.3) is 0 Å². The quantitative estimate of drug-likeness (QED) is 0.0172. The third-order valence-corrected chi connectivity index (χ3v) is 17.2. The Hall–Kier alpha value is -10.6. The fourth-order valence-electron chi connectivity index (χ4n) is 11.2. The first-order chi connectivity index (χ1) is 48.3. The van der Waals surface area contributed by atoms with Crippen molar-refractivity contribution in [2.75, 3.05) is 77.9 Å². The van der Waals surface area contributed by atoms with Crippen LogP contribution in [-0.2, 0) is 32.0 Å². The molecule has 0 aliphatic carbocycles. The molecule has 1 aromatic heterocycles. The summed E-state index contributed by atoms with van der Waals surface area (Å²) in [6.07, 6.45) is 14.7. The molecular formula is C83H99N7O10. The van der Waals surface area contributed by atoms with Gasteiger partial charge in [0.1, 0.15) is 18.9 Å². The summed E-state index contributed by atoms with van der Waals surface area (Å²) < 4.78 is 19.2. The lowest BCUT2D eigenvalue weighted by atomic mass is 9.94. The van der Waals surface area contributed by atoms with E-state index in [0.717, 1.165) is 40.4 Å². The van der Waals surface area contributed by atoms with Crippen LogP contribution in [0.3, 0.4) is 0 Å². The second-order valence-corrected chi connectivity index (χ2v) is 24.4. The minimum atomic E-state index is -0.547. The zero-order chi connectivity index (χ0) is 72.5. The summed E-state index contributed by atoms with van der Waals surface area (Å²) in [5.41, 5.74) is 16.7. The molecule has 0 spiro atoms. The summed E-state index contributed by atoms with van der Waals surface area (Å²) >= 11 is 0. The average molecular weight is 1350 g/mol. The number of ether oxygens (including phenoxy) is 4. The van der Waals surface area contributed by atoms with Gasteiger partial charge in [0.25, 0.3) is 11.8 Å². The van der Waals surface area contributed by atoms with E-state index < -0.39 is 17.9 Å². The van der Waals surface area contributed by atoms with Gasteiger partial charge in [0.05, 0.1) is 54.3 Å². The number of methoxy groups -OCH3 is 2. The highest BCUT2D eigenvalue weighted by Gasteiger charge is 2.35. The van der Waals surface area contributed by atoms with Crippen LogP contribution in [0.15, 0.2) is 199 Å². The molecular weight excluding hydrogens is 1250 g/mol.